The molecule has 0 aliphatic carbocycles. The van der Waals surface area contributed by atoms with Crippen molar-refractivity contribution >= 4 is 35.6 Å². The van der Waals surface area contributed by atoms with Gasteiger partial charge in [-0.3, -0.25) is 24.0 Å². The summed E-state index contributed by atoms with van der Waals surface area (Å²) in [4.78, 5) is 70.0. The molecule has 14 nitrogen and oxygen atoms in total. The van der Waals surface area contributed by atoms with Gasteiger partial charge in [0.15, 0.2) is 0 Å². The predicted molar refractivity (Wildman–Crippen MR) is 120 cm³/mol. The first-order valence-corrected chi connectivity index (χ1v) is 10.5. The summed E-state index contributed by atoms with van der Waals surface area (Å²) in [5, 5.41) is 34.0. The molecule has 0 spiro atoms. The van der Waals surface area contributed by atoms with Gasteiger partial charge in [-0.15, -0.1) is 0 Å². The first-order chi connectivity index (χ1) is 16.4. The summed E-state index contributed by atoms with van der Waals surface area (Å²) < 4.78 is 0. The molecule has 35 heavy (non-hydrogen) atoms. The van der Waals surface area contributed by atoms with Crippen molar-refractivity contribution in [2.45, 2.75) is 50.2 Å². The second-order valence-electron chi connectivity index (χ2n) is 7.65. The quantitative estimate of drug-likeness (QED) is 0.128. The lowest BCUT2D eigenvalue weighted by Gasteiger charge is -2.20. The topological polar surface area (TPSA) is 251 Å². The Bertz CT molecular complexity index is 936. The highest BCUT2D eigenvalue weighted by molar-refractivity contribution is 5.93. The van der Waals surface area contributed by atoms with Gasteiger partial charge in [-0.2, -0.15) is 0 Å². The molecular weight excluding hydrogens is 466 g/mol. The van der Waals surface area contributed by atoms with E-state index in [0.717, 1.165) is 0 Å². The Balaban J connectivity index is 2.71. The number of rotatable bonds is 15. The predicted octanol–water partition coefficient (Wildman–Crippen LogP) is -2.44. The summed E-state index contributed by atoms with van der Waals surface area (Å²) in [6, 6.07) is 2.11. The van der Waals surface area contributed by atoms with Crippen LogP contribution in [0.1, 0.15) is 31.2 Å². The number of carboxylic acid groups (broad SMARTS) is 2. The number of hydrogen-bond donors (Lipinski definition) is 8. The number of phenols is 1. The SMILES string of the molecule is NC(=O)CCC(NC(=O)CNC(=O)C(CCC(=O)O)NC(=O)C(N)Cc1ccc(O)cc1)C(=O)O. The molecule has 0 aliphatic heterocycles. The Morgan fingerprint density at radius 3 is 2.00 bits per heavy atom. The third kappa shape index (κ3) is 11.5. The van der Waals surface area contributed by atoms with E-state index in [1.165, 1.54) is 12.1 Å². The Morgan fingerprint density at radius 1 is 0.857 bits per heavy atom. The molecule has 10 N–H and O–H groups in total. The summed E-state index contributed by atoms with van der Waals surface area (Å²) in [6.45, 7) is -0.668. The number of carboxylic acids is 2. The number of nitrogens with two attached hydrogens (primary N) is 2. The van der Waals surface area contributed by atoms with Crippen LogP contribution in [0.2, 0.25) is 0 Å². The van der Waals surface area contributed by atoms with E-state index in [-0.39, 0.29) is 31.4 Å². The molecule has 0 bridgehead atoms. The van der Waals surface area contributed by atoms with Crippen molar-refractivity contribution in [3.8, 4) is 5.75 Å². The summed E-state index contributed by atoms with van der Waals surface area (Å²) in [5.74, 6) is -5.85. The number of aliphatic carboxylic acids is 2. The minimum atomic E-state index is -1.41. The first kappa shape index (κ1) is 28.8. The number of nitrogens with one attached hydrogen (secondary N) is 3. The van der Waals surface area contributed by atoms with Crippen LogP contribution >= 0.6 is 0 Å². The van der Waals surface area contributed by atoms with Gasteiger partial charge in [0, 0.05) is 12.8 Å². The number of aromatic hydroxyl groups is 1. The Labute approximate surface area is 200 Å². The highest BCUT2D eigenvalue weighted by atomic mass is 16.4. The third-order valence-corrected chi connectivity index (χ3v) is 4.74. The van der Waals surface area contributed by atoms with Crippen LogP contribution in [0, 0.1) is 0 Å². The minimum Gasteiger partial charge on any atom is -0.508 e. The Morgan fingerprint density at radius 2 is 1.46 bits per heavy atom. The van der Waals surface area contributed by atoms with E-state index >= 15 is 0 Å². The molecule has 14 heteroatoms. The van der Waals surface area contributed by atoms with E-state index in [0.29, 0.717) is 5.56 Å². The lowest BCUT2D eigenvalue weighted by Crippen LogP contribution is -2.54. The second-order valence-corrected chi connectivity index (χ2v) is 7.65. The zero-order valence-corrected chi connectivity index (χ0v) is 18.7. The highest BCUT2D eigenvalue weighted by Gasteiger charge is 2.26. The summed E-state index contributed by atoms with van der Waals surface area (Å²) in [6.07, 6.45) is -1.22. The van der Waals surface area contributed by atoms with Crippen molar-refractivity contribution in [2.75, 3.05) is 6.54 Å². The van der Waals surface area contributed by atoms with Crippen LogP contribution < -0.4 is 27.4 Å². The fourth-order valence-corrected chi connectivity index (χ4v) is 2.87. The normalized spacial score (nSPS) is 13.1. The van der Waals surface area contributed by atoms with Crippen LogP contribution in [-0.4, -0.2) is 75.6 Å². The summed E-state index contributed by atoms with van der Waals surface area (Å²) in [7, 11) is 0. The molecule has 0 radical (unpaired) electrons. The average molecular weight is 495 g/mol. The molecule has 0 saturated heterocycles. The monoisotopic (exact) mass is 495 g/mol. The molecule has 1 rings (SSSR count). The smallest absolute Gasteiger partial charge is 0.326 e. The molecule has 4 amide bonds. The molecule has 192 valence electrons. The maximum Gasteiger partial charge on any atom is 0.326 e. The van der Waals surface area contributed by atoms with Crippen molar-refractivity contribution in [3.63, 3.8) is 0 Å². The molecule has 0 aliphatic rings. The first-order valence-electron chi connectivity index (χ1n) is 10.5. The number of primary amides is 1. The Kier molecular flexibility index (Phi) is 11.7. The molecule has 3 unspecified atom stereocenters. The number of benzene rings is 1. The Hall–Kier alpha value is -4.20. The lowest BCUT2D eigenvalue weighted by molar-refractivity contribution is -0.142. The zero-order chi connectivity index (χ0) is 26.5. The van der Waals surface area contributed by atoms with E-state index in [9.17, 15) is 33.9 Å². The maximum atomic E-state index is 12.5. The molecule has 1 aromatic carbocycles. The number of amides is 4. The molecule has 3 atom stereocenters. The zero-order valence-electron chi connectivity index (χ0n) is 18.7. The average Bonchev–Trinajstić information content (AvgIpc) is 2.78. The largest absolute Gasteiger partial charge is 0.508 e. The van der Waals surface area contributed by atoms with E-state index in [1.807, 2.05) is 0 Å². The van der Waals surface area contributed by atoms with Crippen LogP contribution in [0.15, 0.2) is 24.3 Å². The third-order valence-electron chi connectivity index (χ3n) is 4.74. The van der Waals surface area contributed by atoms with Gasteiger partial charge in [-0.1, -0.05) is 12.1 Å². The standard InChI is InChI=1S/C21H29N5O9/c22-13(9-11-1-3-12(27)4-2-11)19(32)26-14(6-8-18(30)31)20(33)24-10-17(29)25-15(21(34)35)5-7-16(23)28/h1-4,13-15,27H,5-10,22H2,(H2,23,28)(H,24,33)(H,25,29)(H,26,32)(H,30,31)(H,34,35). The number of carbonyl (C=O) groups excluding carboxylic acids is 4. The van der Waals surface area contributed by atoms with E-state index < -0.39 is 66.7 Å². The van der Waals surface area contributed by atoms with Gasteiger partial charge in [0.05, 0.1) is 12.6 Å². The maximum absolute atomic E-state index is 12.5. The number of hydrogen-bond acceptors (Lipinski definition) is 8. The van der Waals surface area contributed by atoms with Crippen LogP contribution in [-0.2, 0) is 35.2 Å². The molecule has 0 heterocycles. The molecule has 0 aromatic heterocycles. The van der Waals surface area contributed by atoms with Crippen molar-refractivity contribution < 1.29 is 44.1 Å². The van der Waals surface area contributed by atoms with Gasteiger partial charge in [-0.25, -0.2) is 4.79 Å². The fourth-order valence-electron chi connectivity index (χ4n) is 2.87. The van der Waals surface area contributed by atoms with E-state index in [4.69, 9.17) is 21.7 Å². The van der Waals surface area contributed by atoms with E-state index in [2.05, 4.69) is 16.0 Å². The van der Waals surface area contributed by atoms with Gasteiger partial charge >= 0.3 is 11.9 Å². The minimum absolute atomic E-state index is 0.0313. The van der Waals surface area contributed by atoms with E-state index in [1.54, 1.807) is 12.1 Å². The number of phenolic OH excluding ortho intramolecular Hbond substituents is 1. The van der Waals surface area contributed by atoms with Gasteiger partial charge in [-0.05, 0) is 37.0 Å². The highest BCUT2D eigenvalue weighted by Crippen LogP contribution is 2.11. The lowest BCUT2D eigenvalue weighted by atomic mass is 10.0. The second kappa shape index (κ2) is 14.1. The molecular formula is C21H29N5O9. The van der Waals surface area contributed by atoms with Gasteiger partial charge in [0.2, 0.25) is 23.6 Å². The summed E-state index contributed by atoms with van der Waals surface area (Å²) in [5.41, 5.74) is 11.5. The van der Waals surface area contributed by atoms with Crippen molar-refractivity contribution in [2.24, 2.45) is 11.5 Å². The van der Waals surface area contributed by atoms with Gasteiger partial charge < -0.3 is 42.7 Å². The van der Waals surface area contributed by atoms with Crippen LogP contribution in [0.25, 0.3) is 0 Å². The van der Waals surface area contributed by atoms with Gasteiger partial charge in [0.25, 0.3) is 0 Å². The van der Waals surface area contributed by atoms with Crippen molar-refractivity contribution in [3.05, 3.63) is 29.8 Å². The molecule has 0 fully saturated rings. The summed E-state index contributed by atoms with van der Waals surface area (Å²) >= 11 is 0. The van der Waals surface area contributed by atoms with Gasteiger partial charge in [0.1, 0.15) is 17.8 Å². The molecule has 1 aromatic rings. The fraction of sp³-hybridized carbons (Fsp3) is 0.429. The number of carbonyl (C=O) groups is 6. The van der Waals surface area contributed by atoms with Crippen molar-refractivity contribution in [1.82, 2.24) is 16.0 Å². The van der Waals surface area contributed by atoms with Crippen LogP contribution in [0.3, 0.4) is 0 Å². The van der Waals surface area contributed by atoms with Crippen LogP contribution in [0.5, 0.6) is 5.75 Å². The molecule has 0 saturated carbocycles. The van der Waals surface area contributed by atoms with Crippen LogP contribution in [0.4, 0.5) is 0 Å². The van der Waals surface area contributed by atoms with Crippen molar-refractivity contribution in [1.29, 1.82) is 0 Å².